The van der Waals surface area contributed by atoms with Crippen molar-refractivity contribution in [1.82, 2.24) is 5.43 Å². The highest BCUT2D eigenvalue weighted by Crippen LogP contribution is 2.31. The van der Waals surface area contributed by atoms with Gasteiger partial charge >= 0.3 is 0 Å². The SMILES string of the molecule is O=C(N/N=C\c1cccc(Oc2ccccc2)c1)c1cc(Br)cc(Br)c1O. The quantitative estimate of drug-likeness (QED) is 0.368. The van der Waals surface area contributed by atoms with Gasteiger partial charge in [-0.1, -0.05) is 46.3 Å². The maximum absolute atomic E-state index is 12.2. The van der Waals surface area contributed by atoms with E-state index in [1.54, 1.807) is 12.1 Å². The Hall–Kier alpha value is -2.64. The molecule has 0 heterocycles. The Morgan fingerprint density at radius 1 is 1.00 bits per heavy atom. The zero-order valence-corrected chi connectivity index (χ0v) is 17.1. The van der Waals surface area contributed by atoms with Crippen molar-refractivity contribution < 1.29 is 14.6 Å². The summed E-state index contributed by atoms with van der Waals surface area (Å²) in [5.41, 5.74) is 3.26. The van der Waals surface area contributed by atoms with Gasteiger partial charge in [0.15, 0.2) is 0 Å². The van der Waals surface area contributed by atoms with Gasteiger partial charge in [-0.15, -0.1) is 0 Å². The largest absolute Gasteiger partial charge is 0.506 e. The summed E-state index contributed by atoms with van der Waals surface area (Å²) in [6.07, 6.45) is 1.50. The number of hydrogen-bond acceptors (Lipinski definition) is 4. The molecule has 7 heteroatoms. The normalized spacial score (nSPS) is 10.7. The van der Waals surface area contributed by atoms with Crippen molar-refractivity contribution in [3.8, 4) is 17.2 Å². The number of carbonyl (C=O) groups is 1. The van der Waals surface area contributed by atoms with Gasteiger partial charge in [0.1, 0.15) is 17.2 Å². The number of amides is 1. The van der Waals surface area contributed by atoms with Crippen LogP contribution in [0.15, 0.2) is 80.8 Å². The van der Waals surface area contributed by atoms with Crippen molar-refractivity contribution >= 4 is 44.0 Å². The van der Waals surface area contributed by atoms with Gasteiger partial charge < -0.3 is 9.84 Å². The average molecular weight is 490 g/mol. The molecule has 3 rings (SSSR count). The van der Waals surface area contributed by atoms with Crippen LogP contribution in [0.25, 0.3) is 0 Å². The lowest BCUT2D eigenvalue weighted by atomic mass is 10.2. The number of benzene rings is 3. The minimum atomic E-state index is -0.526. The highest BCUT2D eigenvalue weighted by atomic mass is 79.9. The number of hydrogen-bond donors (Lipinski definition) is 2. The van der Waals surface area contributed by atoms with Crippen molar-refractivity contribution in [3.05, 3.63) is 86.8 Å². The van der Waals surface area contributed by atoms with Gasteiger partial charge in [-0.3, -0.25) is 4.79 Å². The predicted octanol–water partition coefficient (Wildman–Crippen LogP) is 5.47. The van der Waals surface area contributed by atoms with E-state index in [2.05, 4.69) is 42.4 Å². The van der Waals surface area contributed by atoms with Crippen molar-refractivity contribution in [2.75, 3.05) is 0 Å². The predicted molar refractivity (Wildman–Crippen MR) is 112 cm³/mol. The molecule has 0 aliphatic rings. The van der Waals surface area contributed by atoms with Crippen LogP contribution in [0.3, 0.4) is 0 Å². The number of ether oxygens (including phenoxy) is 1. The number of nitrogens with zero attached hydrogens (tertiary/aromatic N) is 1. The molecule has 136 valence electrons. The molecule has 0 radical (unpaired) electrons. The first-order valence-corrected chi connectivity index (χ1v) is 9.46. The van der Waals surface area contributed by atoms with Gasteiger partial charge in [-0.25, -0.2) is 5.43 Å². The third-order valence-corrected chi connectivity index (χ3v) is 4.55. The lowest BCUT2D eigenvalue weighted by molar-refractivity contribution is 0.0952. The fraction of sp³-hybridized carbons (Fsp3) is 0. The maximum Gasteiger partial charge on any atom is 0.275 e. The summed E-state index contributed by atoms with van der Waals surface area (Å²) in [6, 6.07) is 19.9. The Labute approximate surface area is 172 Å². The molecule has 0 fully saturated rings. The average Bonchev–Trinajstić information content (AvgIpc) is 2.65. The van der Waals surface area contributed by atoms with E-state index in [1.807, 2.05) is 48.5 Å². The summed E-state index contributed by atoms with van der Waals surface area (Å²) in [4.78, 5) is 12.2. The zero-order valence-electron chi connectivity index (χ0n) is 13.9. The molecule has 0 saturated carbocycles. The van der Waals surface area contributed by atoms with Gasteiger partial charge in [-0.2, -0.15) is 5.10 Å². The Kier molecular flexibility index (Phi) is 6.26. The monoisotopic (exact) mass is 488 g/mol. The highest BCUT2D eigenvalue weighted by Gasteiger charge is 2.14. The van der Waals surface area contributed by atoms with Gasteiger partial charge in [0.05, 0.1) is 16.3 Å². The van der Waals surface area contributed by atoms with Crippen LogP contribution in [0.2, 0.25) is 0 Å². The van der Waals surface area contributed by atoms with Crippen LogP contribution >= 0.6 is 31.9 Å². The van der Waals surface area contributed by atoms with Crippen molar-refractivity contribution in [3.63, 3.8) is 0 Å². The number of nitrogens with one attached hydrogen (secondary N) is 1. The van der Waals surface area contributed by atoms with Crippen LogP contribution in [0.1, 0.15) is 15.9 Å². The standard InChI is InChI=1S/C20H14Br2N2O3/c21-14-10-17(19(25)18(22)11-14)20(26)24-23-12-13-5-4-8-16(9-13)27-15-6-2-1-3-7-15/h1-12,25H,(H,24,26)/b23-12-. The fourth-order valence-electron chi connectivity index (χ4n) is 2.25. The first-order chi connectivity index (χ1) is 13.0. The molecule has 0 spiro atoms. The molecule has 2 N–H and O–H groups in total. The summed E-state index contributed by atoms with van der Waals surface area (Å²) in [5.74, 6) is 0.715. The Balaban J connectivity index is 1.68. The van der Waals surface area contributed by atoms with E-state index >= 15 is 0 Å². The molecule has 3 aromatic rings. The Bertz CT molecular complexity index is 992. The molecule has 27 heavy (non-hydrogen) atoms. The van der Waals surface area contributed by atoms with Crippen molar-refractivity contribution in [2.45, 2.75) is 0 Å². The Morgan fingerprint density at radius 2 is 1.74 bits per heavy atom. The van der Waals surface area contributed by atoms with E-state index in [4.69, 9.17) is 4.74 Å². The zero-order chi connectivity index (χ0) is 19.2. The smallest absolute Gasteiger partial charge is 0.275 e. The number of para-hydroxylation sites is 1. The molecule has 0 unspecified atom stereocenters. The van der Waals surface area contributed by atoms with Crippen molar-refractivity contribution in [2.24, 2.45) is 5.10 Å². The Morgan fingerprint density at radius 3 is 2.52 bits per heavy atom. The summed E-state index contributed by atoms with van der Waals surface area (Å²) in [6.45, 7) is 0. The van der Waals surface area contributed by atoms with E-state index in [0.29, 0.717) is 14.7 Å². The van der Waals surface area contributed by atoms with Crippen LogP contribution in [-0.2, 0) is 0 Å². The summed E-state index contributed by atoms with van der Waals surface area (Å²) >= 11 is 6.47. The molecule has 0 atom stereocenters. The molecular weight excluding hydrogens is 476 g/mol. The number of phenolic OH excluding ortho intramolecular Hbond substituents is 1. The van der Waals surface area contributed by atoms with Crippen LogP contribution in [0, 0.1) is 0 Å². The lowest BCUT2D eigenvalue weighted by Crippen LogP contribution is -2.17. The van der Waals surface area contributed by atoms with Crippen LogP contribution in [-0.4, -0.2) is 17.2 Å². The number of aromatic hydroxyl groups is 1. The van der Waals surface area contributed by atoms with Gasteiger partial charge in [0, 0.05) is 4.47 Å². The third kappa shape index (κ3) is 5.18. The summed E-state index contributed by atoms with van der Waals surface area (Å²) in [7, 11) is 0. The first kappa shape index (κ1) is 19.1. The van der Waals surface area contributed by atoms with Crippen LogP contribution in [0.5, 0.6) is 17.2 Å². The summed E-state index contributed by atoms with van der Waals surface area (Å²) < 4.78 is 6.84. The van der Waals surface area contributed by atoms with Gasteiger partial charge in [0.25, 0.3) is 5.91 Å². The van der Waals surface area contributed by atoms with Gasteiger partial charge in [0.2, 0.25) is 0 Å². The van der Waals surface area contributed by atoms with E-state index in [9.17, 15) is 9.90 Å². The van der Waals surface area contributed by atoms with Gasteiger partial charge in [-0.05, 0) is 57.9 Å². The maximum atomic E-state index is 12.2. The topological polar surface area (TPSA) is 70.9 Å². The number of hydrazone groups is 1. The van der Waals surface area contributed by atoms with Crippen molar-refractivity contribution in [1.29, 1.82) is 0 Å². The number of phenols is 1. The third-order valence-electron chi connectivity index (χ3n) is 3.49. The first-order valence-electron chi connectivity index (χ1n) is 7.87. The van der Waals surface area contributed by atoms with Crippen LogP contribution < -0.4 is 10.2 Å². The number of halogens is 2. The molecule has 1 amide bonds. The van der Waals surface area contributed by atoms with E-state index in [0.717, 1.165) is 11.3 Å². The molecule has 0 aliphatic heterocycles. The second-order valence-electron chi connectivity index (χ2n) is 5.47. The summed E-state index contributed by atoms with van der Waals surface area (Å²) in [5, 5.41) is 13.9. The minimum absolute atomic E-state index is 0.106. The molecule has 0 bridgehead atoms. The molecular formula is C20H14Br2N2O3. The fourth-order valence-corrected chi connectivity index (χ4v) is 3.47. The van der Waals surface area contributed by atoms with E-state index in [-0.39, 0.29) is 11.3 Å². The molecule has 0 aromatic heterocycles. The van der Waals surface area contributed by atoms with E-state index in [1.165, 1.54) is 12.3 Å². The van der Waals surface area contributed by atoms with Crippen LogP contribution in [0.4, 0.5) is 0 Å². The molecule has 0 saturated heterocycles. The molecule has 5 nitrogen and oxygen atoms in total. The van der Waals surface area contributed by atoms with E-state index < -0.39 is 5.91 Å². The number of rotatable bonds is 5. The minimum Gasteiger partial charge on any atom is -0.506 e. The number of carbonyl (C=O) groups excluding carboxylic acids is 1. The molecule has 0 aliphatic carbocycles. The molecule has 3 aromatic carbocycles. The second kappa shape index (κ2) is 8.83. The highest BCUT2D eigenvalue weighted by molar-refractivity contribution is 9.11. The second-order valence-corrected chi connectivity index (χ2v) is 7.24. The lowest BCUT2D eigenvalue weighted by Gasteiger charge is -2.06.